The van der Waals surface area contributed by atoms with E-state index in [1.165, 1.54) is 28.0 Å². The van der Waals surface area contributed by atoms with Crippen molar-refractivity contribution in [2.75, 3.05) is 10.8 Å². The fraction of sp³-hybridized carbons (Fsp3) is 0.130. The minimum atomic E-state index is -4.60. The van der Waals surface area contributed by atoms with Gasteiger partial charge in [0, 0.05) is 16.5 Å². The van der Waals surface area contributed by atoms with Gasteiger partial charge < -0.3 is 19.0 Å². The summed E-state index contributed by atoms with van der Waals surface area (Å²) in [6.07, 6.45) is 3.29. The third-order valence-electron chi connectivity index (χ3n) is 5.25. The van der Waals surface area contributed by atoms with Gasteiger partial charge in [-0.15, -0.1) is 0 Å². The fourth-order valence-electron chi connectivity index (χ4n) is 3.82. The molecule has 34 heavy (non-hydrogen) atoms. The highest BCUT2D eigenvalue weighted by atomic mass is 32.2. The molecule has 0 atom stereocenters. The summed E-state index contributed by atoms with van der Waals surface area (Å²) in [5.41, 5.74) is 3.10. The van der Waals surface area contributed by atoms with Gasteiger partial charge in [-0.1, -0.05) is 29.2 Å². The molecule has 8 nitrogen and oxygen atoms in total. The average molecular weight is 515 g/mol. The molecule has 3 heterocycles. The highest BCUT2D eigenvalue weighted by Gasteiger charge is 2.30. The van der Waals surface area contributed by atoms with Gasteiger partial charge in [-0.05, 0) is 48.9 Å². The molecule has 0 amide bonds. The van der Waals surface area contributed by atoms with E-state index >= 15 is 0 Å². The number of benzene rings is 2. The molecule has 1 N–H and O–H groups in total. The second-order valence-electron chi connectivity index (χ2n) is 7.75. The van der Waals surface area contributed by atoms with E-state index in [-0.39, 0.29) is 6.54 Å². The SMILES string of the molecule is Cc1ccc2sc(C=C3Sc4ccc(-c5ccco5)cc4N3CS(=O)(=O)[O-])[n+](CC(=O)O)c2c1. The quantitative estimate of drug-likeness (QED) is 0.300. The Kier molecular flexibility index (Phi) is 5.72. The predicted molar refractivity (Wildman–Crippen MR) is 129 cm³/mol. The highest BCUT2D eigenvalue weighted by Crippen LogP contribution is 2.48. The van der Waals surface area contributed by atoms with Crippen LogP contribution in [0.15, 0.2) is 69.1 Å². The van der Waals surface area contributed by atoms with Crippen molar-refractivity contribution in [2.45, 2.75) is 18.4 Å². The van der Waals surface area contributed by atoms with Gasteiger partial charge in [0.2, 0.25) is 12.1 Å². The number of furan rings is 1. The van der Waals surface area contributed by atoms with Gasteiger partial charge in [0.1, 0.15) is 26.5 Å². The van der Waals surface area contributed by atoms with Crippen molar-refractivity contribution < 1.29 is 31.9 Å². The highest BCUT2D eigenvalue weighted by molar-refractivity contribution is 8.04. The number of carboxylic acid groups (broad SMARTS) is 1. The van der Waals surface area contributed by atoms with Crippen molar-refractivity contribution in [3.8, 4) is 11.3 Å². The van der Waals surface area contributed by atoms with Crippen LogP contribution < -0.4 is 9.47 Å². The topological polar surface area (TPSA) is 115 Å². The number of aromatic nitrogens is 1. The van der Waals surface area contributed by atoms with Crippen molar-refractivity contribution in [3.63, 3.8) is 0 Å². The summed E-state index contributed by atoms with van der Waals surface area (Å²) >= 11 is 2.73. The third-order valence-corrected chi connectivity index (χ3v) is 8.05. The molecular formula is C23H18N2O6S3. The molecule has 0 saturated heterocycles. The van der Waals surface area contributed by atoms with Crippen LogP contribution in [0, 0.1) is 6.92 Å². The van der Waals surface area contributed by atoms with E-state index in [4.69, 9.17) is 4.42 Å². The Bertz CT molecular complexity index is 1560. The fourth-order valence-corrected chi connectivity index (χ4v) is 6.73. The summed E-state index contributed by atoms with van der Waals surface area (Å²) in [5.74, 6) is -1.12. The number of fused-ring (bicyclic) bond motifs is 2. The molecule has 1 aliphatic heterocycles. The number of nitrogens with zero attached hydrogens (tertiary/aromatic N) is 2. The first-order chi connectivity index (χ1) is 16.2. The molecular weight excluding hydrogens is 496 g/mol. The Morgan fingerprint density at radius 1 is 1.24 bits per heavy atom. The number of thioether (sulfide) groups is 1. The van der Waals surface area contributed by atoms with Crippen LogP contribution in [0.1, 0.15) is 10.6 Å². The van der Waals surface area contributed by atoms with Gasteiger partial charge in [-0.2, -0.15) is 4.57 Å². The van der Waals surface area contributed by atoms with Crippen LogP contribution in [0.25, 0.3) is 27.6 Å². The molecule has 0 fully saturated rings. The smallest absolute Gasteiger partial charge is 0.370 e. The predicted octanol–water partition coefficient (Wildman–Crippen LogP) is 4.26. The average Bonchev–Trinajstić information content (AvgIpc) is 3.47. The van der Waals surface area contributed by atoms with Crippen molar-refractivity contribution in [2.24, 2.45) is 0 Å². The zero-order valence-electron chi connectivity index (χ0n) is 17.8. The lowest BCUT2D eigenvalue weighted by molar-refractivity contribution is -0.657. The zero-order valence-corrected chi connectivity index (χ0v) is 20.2. The second-order valence-corrected chi connectivity index (χ2v) is 11.2. The van der Waals surface area contributed by atoms with E-state index in [9.17, 15) is 22.9 Å². The lowest BCUT2D eigenvalue weighted by Crippen LogP contribution is -2.39. The van der Waals surface area contributed by atoms with E-state index < -0.39 is 22.0 Å². The number of aliphatic carboxylic acids is 1. The Hall–Kier alpha value is -3.12. The van der Waals surface area contributed by atoms with Crippen LogP contribution in [0.3, 0.4) is 0 Å². The lowest BCUT2D eigenvalue weighted by Gasteiger charge is -2.22. The number of carboxylic acids is 1. The van der Waals surface area contributed by atoms with Gasteiger partial charge in [0.05, 0.1) is 23.1 Å². The van der Waals surface area contributed by atoms with E-state index in [2.05, 4.69) is 0 Å². The monoisotopic (exact) mass is 514 g/mol. The number of aryl methyl sites for hydroxylation is 1. The molecule has 0 unspecified atom stereocenters. The van der Waals surface area contributed by atoms with Crippen molar-refractivity contribution in [1.82, 2.24) is 0 Å². The number of rotatable bonds is 6. The van der Waals surface area contributed by atoms with Gasteiger partial charge in [-0.3, -0.25) is 0 Å². The Labute approximate surface area is 203 Å². The second kappa shape index (κ2) is 8.58. The van der Waals surface area contributed by atoms with E-state index in [1.807, 2.05) is 37.3 Å². The number of carbonyl (C=O) groups is 1. The molecule has 2 aromatic carbocycles. The first-order valence-corrected chi connectivity index (χ1v) is 13.3. The Morgan fingerprint density at radius 2 is 2.06 bits per heavy atom. The maximum atomic E-state index is 11.8. The van der Waals surface area contributed by atoms with E-state index in [0.29, 0.717) is 21.5 Å². The molecule has 5 rings (SSSR count). The lowest BCUT2D eigenvalue weighted by atomic mass is 10.1. The summed E-state index contributed by atoms with van der Waals surface area (Å²) in [5, 5.41) is 10.6. The van der Waals surface area contributed by atoms with E-state index in [1.54, 1.807) is 35.1 Å². The van der Waals surface area contributed by atoms with Gasteiger partial charge in [0.15, 0.2) is 0 Å². The van der Waals surface area contributed by atoms with Crippen molar-refractivity contribution >= 4 is 61.2 Å². The number of hydrogen-bond donors (Lipinski definition) is 1. The van der Waals surface area contributed by atoms with E-state index in [0.717, 1.165) is 26.2 Å². The first kappa shape index (κ1) is 22.7. The molecule has 0 saturated carbocycles. The molecule has 0 bridgehead atoms. The van der Waals surface area contributed by atoms with Crippen molar-refractivity contribution in [1.29, 1.82) is 0 Å². The zero-order chi connectivity index (χ0) is 24.0. The molecule has 0 spiro atoms. The molecule has 174 valence electrons. The summed E-state index contributed by atoms with van der Waals surface area (Å²) in [6, 6.07) is 14.9. The first-order valence-electron chi connectivity index (χ1n) is 10.1. The van der Waals surface area contributed by atoms with Crippen LogP contribution in [-0.4, -0.2) is 29.9 Å². The number of anilines is 1. The standard InChI is InChI=1S/C23H18N2O6S3/c1-14-4-6-19-16(9-14)24(12-23(26)27)21(32-19)11-22-25(13-34(28,29)30)17-10-15(5-7-20(17)33-22)18-3-2-8-31-18/h2-11H,12-13H2,1H3,(H-,26,27,28,29,30). The maximum Gasteiger partial charge on any atom is 0.370 e. The summed E-state index contributed by atoms with van der Waals surface area (Å²) in [7, 11) is -4.60. The molecule has 11 heteroatoms. The summed E-state index contributed by atoms with van der Waals surface area (Å²) in [4.78, 5) is 13.8. The number of hydrogen-bond acceptors (Lipinski definition) is 8. The number of thiazole rings is 1. The van der Waals surface area contributed by atoms with Crippen LogP contribution >= 0.6 is 23.1 Å². The molecule has 0 radical (unpaired) electrons. The minimum absolute atomic E-state index is 0.247. The van der Waals surface area contributed by atoms with Crippen LogP contribution in [0.5, 0.6) is 0 Å². The summed E-state index contributed by atoms with van der Waals surface area (Å²) < 4.78 is 43.3. The molecule has 2 aromatic heterocycles. The molecule has 1 aliphatic rings. The molecule has 0 aliphatic carbocycles. The Balaban J connectivity index is 1.64. The van der Waals surface area contributed by atoms with Gasteiger partial charge in [0.25, 0.3) is 5.01 Å². The van der Waals surface area contributed by atoms with Crippen LogP contribution in [0.2, 0.25) is 0 Å². The molecule has 4 aromatic rings. The van der Waals surface area contributed by atoms with Crippen LogP contribution in [-0.2, 0) is 21.5 Å². The normalized spacial score (nSPS) is 14.8. The van der Waals surface area contributed by atoms with Gasteiger partial charge in [-0.25, -0.2) is 13.2 Å². The van der Waals surface area contributed by atoms with Crippen LogP contribution in [0.4, 0.5) is 5.69 Å². The maximum absolute atomic E-state index is 11.8. The summed E-state index contributed by atoms with van der Waals surface area (Å²) in [6.45, 7) is 1.68. The van der Waals surface area contributed by atoms with Crippen molar-refractivity contribution in [3.05, 3.63) is 70.4 Å². The Morgan fingerprint density at radius 3 is 2.76 bits per heavy atom. The third kappa shape index (κ3) is 4.47. The minimum Gasteiger partial charge on any atom is -0.747 e. The van der Waals surface area contributed by atoms with Gasteiger partial charge >= 0.3 is 5.97 Å². The largest absolute Gasteiger partial charge is 0.747 e.